The van der Waals surface area contributed by atoms with Crippen LogP contribution in [-0.2, 0) is 12.8 Å². The first-order valence-corrected chi connectivity index (χ1v) is 12.2. The minimum Gasteiger partial charge on any atom is -0.493 e. The van der Waals surface area contributed by atoms with Crippen molar-refractivity contribution in [3.8, 4) is 11.5 Å². The van der Waals surface area contributed by atoms with Crippen molar-refractivity contribution < 1.29 is 24.0 Å². The molecule has 33 heavy (non-hydrogen) atoms. The zero-order valence-corrected chi connectivity index (χ0v) is 19.8. The number of thiophene rings is 2. The van der Waals surface area contributed by atoms with Crippen LogP contribution in [0.25, 0.3) is 0 Å². The van der Waals surface area contributed by atoms with Crippen LogP contribution in [0.3, 0.4) is 0 Å². The molecule has 0 bridgehead atoms. The summed E-state index contributed by atoms with van der Waals surface area (Å²) in [6, 6.07) is 6.06. The van der Waals surface area contributed by atoms with E-state index in [1.807, 2.05) is 11.4 Å². The van der Waals surface area contributed by atoms with Gasteiger partial charge in [0, 0.05) is 10.9 Å². The third kappa shape index (κ3) is 4.49. The van der Waals surface area contributed by atoms with Crippen LogP contribution in [0, 0.1) is 10.1 Å². The molecule has 1 aromatic carbocycles. The number of hydrogen-bond acceptors (Lipinski definition) is 8. The number of ether oxygens (including phenoxy) is 2. The maximum atomic E-state index is 13.3. The largest absolute Gasteiger partial charge is 0.493 e. The third-order valence-corrected chi connectivity index (χ3v) is 7.47. The summed E-state index contributed by atoms with van der Waals surface area (Å²) in [5, 5.41) is 16.7. The van der Waals surface area contributed by atoms with Gasteiger partial charge in [-0.2, -0.15) is 0 Å². The van der Waals surface area contributed by atoms with Crippen molar-refractivity contribution in [2.24, 2.45) is 0 Å². The van der Waals surface area contributed by atoms with Crippen LogP contribution in [0.4, 0.5) is 10.7 Å². The Balaban J connectivity index is 1.76. The fourth-order valence-electron chi connectivity index (χ4n) is 3.91. The molecule has 172 valence electrons. The van der Waals surface area contributed by atoms with Gasteiger partial charge in [0.05, 0.1) is 35.1 Å². The van der Waals surface area contributed by atoms with Gasteiger partial charge in [-0.15, -0.1) is 22.7 Å². The Kier molecular flexibility index (Phi) is 6.75. The Labute approximate surface area is 198 Å². The van der Waals surface area contributed by atoms with Gasteiger partial charge in [-0.05, 0) is 49.6 Å². The van der Waals surface area contributed by atoms with E-state index < -0.39 is 16.5 Å². The predicted molar refractivity (Wildman–Crippen MR) is 127 cm³/mol. The Bertz CT molecular complexity index is 1220. The Morgan fingerprint density at radius 3 is 2.67 bits per heavy atom. The number of carbonyl (C=O) groups excluding carboxylic acids is 2. The number of nitro groups is 1. The molecule has 0 unspecified atom stereocenters. The van der Waals surface area contributed by atoms with E-state index in [0.717, 1.165) is 36.1 Å². The van der Waals surface area contributed by atoms with Gasteiger partial charge >= 0.3 is 0 Å². The highest BCUT2D eigenvalue weighted by molar-refractivity contribution is 7.17. The van der Waals surface area contributed by atoms with Crippen molar-refractivity contribution in [1.82, 2.24) is 0 Å². The minimum absolute atomic E-state index is 0.140. The first-order valence-electron chi connectivity index (χ1n) is 10.5. The fraction of sp³-hybridized carbons (Fsp3) is 0.304. The summed E-state index contributed by atoms with van der Waals surface area (Å²) in [4.78, 5) is 39.3. The van der Waals surface area contributed by atoms with E-state index in [1.165, 1.54) is 41.9 Å². The predicted octanol–water partition coefficient (Wildman–Crippen LogP) is 5.49. The molecule has 0 aliphatic heterocycles. The zero-order chi connectivity index (χ0) is 23.5. The summed E-state index contributed by atoms with van der Waals surface area (Å²) in [6.45, 7) is 2.06. The molecule has 4 rings (SSSR count). The highest BCUT2D eigenvalue weighted by Gasteiger charge is 2.30. The van der Waals surface area contributed by atoms with Gasteiger partial charge in [-0.3, -0.25) is 19.7 Å². The molecule has 3 aromatic rings. The topological polar surface area (TPSA) is 108 Å². The number of hydrogen-bond donors (Lipinski definition) is 1. The summed E-state index contributed by atoms with van der Waals surface area (Å²) in [5.74, 6) is -0.417. The van der Waals surface area contributed by atoms with E-state index in [-0.39, 0.29) is 22.8 Å². The maximum absolute atomic E-state index is 13.3. The van der Waals surface area contributed by atoms with Crippen LogP contribution >= 0.6 is 22.7 Å². The minimum atomic E-state index is -0.677. The summed E-state index contributed by atoms with van der Waals surface area (Å²) in [5.41, 5.74) is 0.899. The average molecular weight is 487 g/mol. The SMILES string of the molecule is CCOc1cc(C(=O)Nc2sc3c(c2C(=O)c2cccs2)CCCC3)c([N+](=O)[O-])cc1OC. The molecule has 0 saturated carbocycles. The molecule has 0 radical (unpaired) electrons. The molecule has 2 heterocycles. The van der Waals surface area contributed by atoms with Gasteiger partial charge in [0.25, 0.3) is 11.6 Å². The average Bonchev–Trinajstić information content (AvgIpc) is 3.46. The number of benzene rings is 1. The third-order valence-electron chi connectivity index (χ3n) is 5.39. The molecule has 1 N–H and O–H groups in total. The van der Waals surface area contributed by atoms with Crippen LogP contribution in [-0.4, -0.2) is 30.3 Å². The van der Waals surface area contributed by atoms with Crippen LogP contribution in [0.15, 0.2) is 29.6 Å². The molecule has 1 amide bonds. The van der Waals surface area contributed by atoms with Crippen molar-refractivity contribution in [2.75, 3.05) is 19.0 Å². The highest BCUT2D eigenvalue weighted by Crippen LogP contribution is 2.41. The van der Waals surface area contributed by atoms with Gasteiger partial charge in [0.2, 0.25) is 5.78 Å². The Morgan fingerprint density at radius 1 is 1.21 bits per heavy atom. The number of methoxy groups -OCH3 is 1. The lowest BCUT2D eigenvalue weighted by molar-refractivity contribution is -0.385. The molecule has 0 atom stereocenters. The Hall–Kier alpha value is -3.24. The van der Waals surface area contributed by atoms with E-state index in [0.29, 0.717) is 22.0 Å². The molecular weight excluding hydrogens is 464 g/mol. The molecule has 1 aliphatic carbocycles. The molecule has 1 aliphatic rings. The van der Waals surface area contributed by atoms with E-state index in [2.05, 4.69) is 5.32 Å². The van der Waals surface area contributed by atoms with Gasteiger partial charge < -0.3 is 14.8 Å². The monoisotopic (exact) mass is 486 g/mol. The number of amides is 1. The van der Waals surface area contributed by atoms with Crippen molar-refractivity contribution in [1.29, 1.82) is 0 Å². The van der Waals surface area contributed by atoms with Crippen LogP contribution in [0.1, 0.15) is 55.8 Å². The fourth-order valence-corrected chi connectivity index (χ4v) is 5.86. The standard InChI is InChI=1S/C23H22N2O6S2/c1-3-31-17-11-14(15(25(28)29)12-16(17)30-2)22(27)24-23-20(21(26)19-9-6-10-32-19)13-7-4-5-8-18(13)33-23/h6,9-12H,3-5,7-8H2,1-2H3,(H,24,27). The highest BCUT2D eigenvalue weighted by atomic mass is 32.1. The molecule has 0 spiro atoms. The smallest absolute Gasteiger partial charge is 0.286 e. The van der Waals surface area contributed by atoms with Gasteiger partial charge in [-0.1, -0.05) is 6.07 Å². The summed E-state index contributed by atoms with van der Waals surface area (Å²) >= 11 is 2.72. The normalized spacial score (nSPS) is 12.7. The van der Waals surface area contributed by atoms with Crippen LogP contribution in [0.5, 0.6) is 11.5 Å². The summed E-state index contributed by atoms with van der Waals surface area (Å²) in [6.07, 6.45) is 3.61. The lowest BCUT2D eigenvalue weighted by atomic mass is 9.93. The first-order chi connectivity index (χ1) is 15.9. The number of aryl methyl sites for hydroxylation is 1. The molecule has 10 heteroatoms. The van der Waals surface area contributed by atoms with Gasteiger partial charge in [0.15, 0.2) is 11.5 Å². The number of fused-ring (bicyclic) bond motifs is 1. The Morgan fingerprint density at radius 2 is 2.00 bits per heavy atom. The molecule has 0 saturated heterocycles. The van der Waals surface area contributed by atoms with Crippen LogP contribution < -0.4 is 14.8 Å². The van der Waals surface area contributed by atoms with Gasteiger partial charge in [0.1, 0.15) is 10.6 Å². The van der Waals surface area contributed by atoms with Crippen molar-refractivity contribution in [3.63, 3.8) is 0 Å². The van der Waals surface area contributed by atoms with Crippen molar-refractivity contribution in [2.45, 2.75) is 32.6 Å². The lowest BCUT2D eigenvalue weighted by Gasteiger charge is -2.13. The van der Waals surface area contributed by atoms with E-state index in [9.17, 15) is 19.7 Å². The van der Waals surface area contributed by atoms with E-state index in [1.54, 1.807) is 13.0 Å². The number of anilines is 1. The van der Waals surface area contributed by atoms with Crippen molar-refractivity contribution in [3.05, 3.63) is 66.2 Å². The molecule has 8 nitrogen and oxygen atoms in total. The number of carbonyl (C=O) groups is 2. The summed E-state index contributed by atoms with van der Waals surface area (Å²) in [7, 11) is 1.37. The van der Waals surface area contributed by atoms with E-state index in [4.69, 9.17) is 9.47 Å². The lowest BCUT2D eigenvalue weighted by Crippen LogP contribution is -2.16. The second kappa shape index (κ2) is 9.72. The summed E-state index contributed by atoms with van der Waals surface area (Å²) < 4.78 is 10.7. The van der Waals surface area contributed by atoms with E-state index >= 15 is 0 Å². The van der Waals surface area contributed by atoms with Crippen LogP contribution in [0.2, 0.25) is 0 Å². The zero-order valence-electron chi connectivity index (χ0n) is 18.1. The molecule has 2 aromatic heterocycles. The van der Waals surface area contributed by atoms with Gasteiger partial charge in [-0.25, -0.2) is 0 Å². The number of nitrogens with zero attached hydrogens (tertiary/aromatic N) is 1. The molecule has 0 fully saturated rings. The maximum Gasteiger partial charge on any atom is 0.286 e. The number of rotatable bonds is 8. The van der Waals surface area contributed by atoms with Crippen molar-refractivity contribution >= 4 is 45.1 Å². The first kappa shape index (κ1) is 22.9. The molecular formula is C23H22N2O6S2. The number of nitrogens with one attached hydrogen (secondary N) is 1. The second-order valence-corrected chi connectivity index (χ2v) is 9.44. The number of nitro benzene ring substituents is 1. The quantitative estimate of drug-likeness (QED) is 0.256. The second-order valence-electron chi connectivity index (χ2n) is 7.39. The number of ketones is 1.